The lowest BCUT2D eigenvalue weighted by molar-refractivity contribution is 0.103. The molecule has 0 spiro atoms. The number of ketones is 1. The Morgan fingerprint density at radius 1 is 1.00 bits per heavy atom. The third-order valence-electron chi connectivity index (χ3n) is 3.19. The summed E-state index contributed by atoms with van der Waals surface area (Å²) >= 11 is 5.94. The van der Waals surface area contributed by atoms with Crippen LogP contribution < -0.4 is 15.2 Å². The summed E-state index contributed by atoms with van der Waals surface area (Å²) in [6.45, 7) is 1.19. The SMILES string of the molecule is Nc1cc(Cl)cc(C(=O)c2ccc3c(c2)OCCCO3)c1. The average Bonchev–Trinajstić information content (AvgIpc) is 2.69. The van der Waals surface area contributed by atoms with Crippen molar-refractivity contribution in [3.63, 3.8) is 0 Å². The monoisotopic (exact) mass is 303 g/mol. The molecule has 0 aliphatic carbocycles. The van der Waals surface area contributed by atoms with E-state index in [0.29, 0.717) is 46.5 Å². The van der Waals surface area contributed by atoms with Gasteiger partial charge in [0.25, 0.3) is 0 Å². The maximum Gasteiger partial charge on any atom is 0.193 e. The maximum absolute atomic E-state index is 12.5. The Bertz CT molecular complexity index is 680. The largest absolute Gasteiger partial charge is 0.490 e. The van der Waals surface area contributed by atoms with Crippen LogP contribution in [0, 0.1) is 0 Å². The summed E-state index contributed by atoms with van der Waals surface area (Å²) in [5, 5.41) is 0.438. The van der Waals surface area contributed by atoms with Crippen molar-refractivity contribution in [3.8, 4) is 11.5 Å². The van der Waals surface area contributed by atoms with E-state index < -0.39 is 0 Å². The number of fused-ring (bicyclic) bond motifs is 1. The highest BCUT2D eigenvalue weighted by molar-refractivity contribution is 6.31. The van der Waals surface area contributed by atoms with Gasteiger partial charge >= 0.3 is 0 Å². The first-order valence-electron chi connectivity index (χ1n) is 6.64. The number of hydrogen-bond donors (Lipinski definition) is 1. The Hall–Kier alpha value is -2.20. The molecule has 3 rings (SSSR count). The lowest BCUT2D eigenvalue weighted by Crippen LogP contribution is -2.03. The first kappa shape index (κ1) is 13.8. The van der Waals surface area contributed by atoms with E-state index in [-0.39, 0.29) is 5.78 Å². The third-order valence-corrected chi connectivity index (χ3v) is 3.41. The molecule has 0 bridgehead atoms. The van der Waals surface area contributed by atoms with E-state index in [1.165, 1.54) is 0 Å². The summed E-state index contributed by atoms with van der Waals surface area (Å²) in [5.74, 6) is 1.10. The second-order valence-electron chi connectivity index (χ2n) is 4.81. The van der Waals surface area contributed by atoms with Gasteiger partial charge in [-0.15, -0.1) is 0 Å². The van der Waals surface area contributed by atoms with Crippen LogP contribution in [-0.2, 0) is 0 Å². The molecule has 4 nitrogen and oxygen atoms in total. The van der Waals surface area contributed by atoms with Gasteiger partial charge in [-0.2, -0.15) is 0 Å². The molecule has 0 saturated carbocycles. The zero-order valence-corrected chi connectivity index (χ0v) is 12.0. The van der Waals surface area contributed by atoms with E-state index in [2.05, 4.69) is 0 Å². The smallest absolute Gasteiger partial charge is 0.193 e. The molecule has 108 valence electrons. The minimum atomic E-state index is -0.153. The fraction of sp³-hybridized carbons (Fsp3) is 0.188. The van der Waals surface area contributed by atoms with Crippen molar-refractivity contribution in [1.82, 2.24) is 0 Å². The molecule has 0 saturated heterocycles. The topological polar surface area (TPSA) is 61.6 Å². The standard InChI is InChI=1S/C16H14ClNO3/c17-12-6-11(7-13(18)9-12)16(19)10-2-3-14-15(8-10)21-5-1-4-20-14/h2-3,6-9H,1,4-5,18H2. The van der Waals surface area contributed by atoms with Gasteiger partial charge in [-0.05, 0) is 36.4 Å². The number of benzene rings is 2. The molecule has 0 unspecified atom stereocenters. The van der Waals surface area contributed by atoms with Crippen molar-refractivity contribution in [2.75, 3.05) is 18.9 Å². The van der Waals surface area contributed by atoms with Crippen LogP contribution in [0.15, 0.2) is 36.4 Å². The summed E-state index contributed by atoms with van der Waals surface area (Å²) in [6, 6.07) is 9.97. The van der Waals surface area contributed by atoms with Gasteiger partial charge in [0.05, 0.1) is 13.2 Å². The number of ether oxygens (including phenoxy) is 2. The second-order valence-corrected chi connectivity index (χ2v) is 5.25. The predicted molar refractivity (Wildman–Crippen MR) is 81.3 cm³/mol. The van der Waals surface area contributed by atoms with Gasteiger partial charge in [0.1, 0.15) is 0 Å². The van der Waals surface area contributed by atoms with Crippen LogP contribution in [0.1, 0.15) is 22.3 Å². The number of nitrogens with two attached hydrogens (primary N) is 1. The molecule has 2 aromatic rings. The predicted octanol–water partition coefficient (Wildman–Crippen LogP) is 3.31. The number of hydrogen-bond acceptors (Lipinski definition) is 4. The zero-order valence-electron chi connectivity index (χ0n) is 11.3. The normalized spacial score (nSPS) is 13.6. The van der Waals surface area contributed by atoms with Gasteiger partial charge < -0.3 is 15.2 Å². The molecule has 21 heavy (non-hydrogen) atoms. The van der Waals surface area contributed by atoms with Gasteiger partial charge in [-0.1, -0.05) is 11.6 Å². The minimum Gasteiger partial charge on any atom is -0.490 e. The zero-order chi connectivity index (χ0) is 14.8. The van der Waals surface area contributed by atoms with Crippen LogP contribution in [0.4, 0.5) is 5.69 Å². The molecule has 0 fully saturated rings. The van der Waals surface area contributed by atoms with E-state index in [1.807, 2.05) is 0 Å². The Balaban J connectivity index is 1.96. The van der Waals surface area contributed by atoms with Crippen molar-refractivity contribution in [2.45, 2.75) is 6.42 Å². The Morgan fingerprint density at radius 3 is 2.52 bits per heavy atom. The molecular formula is C16H14ClNO3. The van der Waals surface area contributed by atoms with E-state index in [9.17, 15) is 4.79 Å². The Kier molecular flexibility index (Phi) is 3.71. The van der Waals surface area contributed by atoms with Crippen molar-refractivity contribution in [1.29, 1.82) is 0 Å². The number of nitrogen functional groups attached to an aromatic ring is 1. The van der Waals surface area contributed by atoms with Crippen LogP contribution >= 0.6 is 11.6 Å². The number of carbonyl (C=O) groups is 1. The first-order chi connectivity index (χ1) is 10.1. The van der Waals surface area contributed by atoms with E-state index in [1.54, 1.807) is 36.4 Å². The molecule has 0 atom stereocenters. The summed E-state index contributed by atoms with van der Waals surface area (Å²) in [7, 11) is 0. The van der Waals surface area contributed by atoms with Crippen LogP contribution in [0.2, 0.25) is 5.02 Å². The molecule has 2 aromatic carbocycles. The van der Waals surface area contributed by atoms with Crippen molar-refractivity contribution < 1.29 is 14.3 Å². The van der Waals surface area contributed by atoms with Crippen LogP contribution in [0.25, 0.3) is 0 Å². The highest BCUT2D eigenvalue weighted by Gasteiger charge is 2.16. The van der Waals surface area contributed by atoms with Crippen molar-refractivity contribution >= 4 is 23.1 Å². The fourth-order valence-corrected chi connectivity index (χ4v) is 2.46. The van der Waals surface area contributed by atoms with Crippen LogP contribution in [-0.4, -0.2) is 19.0 Å². The molecule has 0 aromatic heterocycles. The molecule has 5 heteroatoms. The first-order valence-corrected chi connectivity index (χ1v) is 7.02. The second kappa shape index (κ2) is 5.66. The van der Waals surface area contributed by atoms with E-state index in [0.717, 1.165) is 6.42 Å². The van der Waals surface area contributed by atoms with Crippen molar-refractivity contribution in [3.05, 3.63) is 52.5 Å². The van der Waals surface area contributed by atoms with Gasteiger partial charge in [0.2, 0.25) is 0 Å². The highest BCUT2D eigenvalue weighted by Crippen LogP contribution is 2.31. The summed E-state index contributed by atoms with van der Waals surface area (Å²) in [5.41, 5.74) is 7.15. The number of anilines is 1. The van der Waals surface area contributed by atoms with Crippen LogP contribution in [0.3, 0.4) is 0 Å². The van der Waals surface area contributed by atoms with E-state index in [4.69, 9.17) is 26.8 Å². The summed E-state index contributed by atoms with van der Waals surface area (Å²) in [4.78, 5) is 12.5. The molecule has 0 amide bonds. The van der Waals surface area contributed by atoms with Gasteiger partial charge in [-0.25, -0.2) is 0 Å². The lowest BCUT2D eigenvalue weighted by Gasteiger charge is -2.09. The van der Waals surface area contributed by atoms with Gasteiger partial charge in [0.15, 0.2) is 17.3 Å². The number of carbonyl (C=O) groups excluding carboxylic acids is 1. The van der Waals surface area contributed by atoms with E-state index >= 15 is 0 Å². The quantitative estimate of drug-likeness (QED) is 0.683. The highest BCUT2D eigenvalue weighted by atomic mass is 35.5. The maximum atomic E-state index is 12.5. The lowest BCUT2D eigenvalue weighted by atomic mass is 10.0. The molecule has 1 aliphatic heterocycles. The van der Waals surface area contributed by atoms with Crippen molar-refractivity contribution in [2.24, 2.45) is 0 Å². The summed E-state index contributed by atoms with van der Waals surface area (Å²) in [6.07, 6.45) is 0.822. The Labute approximate surface area is 127 Å². The molecular weight excluding hydrogens is 290 g/mol. The summed E-state index contributed by atoms with van der Waals surface area (Å²) < 4.78 is 11.1. The average molecular weight is 304 g/mol. The Morgan fingerprint density at radius 2 is 1.76 bits per heavy atom. The molecule has 0 radical (unpaired) electrons. The number of rotatable bonds is 2. The minimum absolute atomic E-state index is 0.153. The molecule has 2 N–H and O–H groups in total. The molecule has 1 heterocycles. The fourth-order valence-electron chi connectivity index (χ4n) is 2.21. The van der Waals surface area contributed by atoms with Crippen LogP contribution in [0.5, 0.6) is 11.5 Å². The third kappa shape index (κ3) is 2.95. The number of halogens is 1. The van der Waals surface area contributed by atoms with Gasteiger partial charge in [0, 0.05) is 28.3 Å². The van der Waals surface area contributed by atoms with Gasteiger partial charge in [-0.3, -0.25) is 4.79 Å². The molecule has 1 aliphatic rings.